The number of piperazine rings is 1. The van der Waals surface area contributed by atoms with Crippen LogP contribution in [0.2, 0.25) is 5.02 Å². The highest BCUT2D eigenvalue weighted by Crippen LogP contribution is 2.33. The zero-order chi connectivity index (χ0) is 33.5. The summed E-state index contributed by atoms with van der Waals surface area (Å²) in [7, 11) is -3.83. The fourth-order valence-corrected chi connectivity index (χ4v) is 6.12. The standard InChI is InChI=1S/C28H31ClF4N4O7S/c1-5-45(41,42)21-7-6-17(29)12-16(21)14-37-24(38)18-13-20(43-28(31,32)33)19(22(30)23(18)34-25(37)39)15-35-8-10-36(11-9-35)26(40)44-27(2,3)4/h6-7,12-13H,5,8-11,14-15H2,1-4H3,(H,34,39). The van der Waals surface area contributed by atoms with Crippen LogP contribution in [-0.4, -0.2) is 77.8 Å². The lowest BCUT2D eigenvalue weighted by molar-refractivity contribution is -0.275. The molecule has 1 aliphatic rings. The van der Waals surface area contributed by atoms with Crippen LogP contribution in [0.15, 0.2) is 38.8 Å². The Morgan fingerprint density at radius 2 is 1.69 bits per heavy atom. The first kappa shape index (κ1) is 34.2. The first-order chi connectivity index (χ1) is 20.8. The van der Waals surface area contributed by atoms with E-state index >= 15 is 4.39 Å². The van der Waals surface area contributed by atoms with Gasteiger partial charge >= 0.3 is 18.1 Å². The van der Waals surface area contributed by atoms with Crippen molar-refractivity contribution in [3.05, 3.63) is 67.1 Å². The minimum Gasteiger partial charge on any atom is -0.444 e. The van der Waals surface area contributed by atoms with Crippen LogP contribution >= 0.6 is 11.6 Å². The second-order valence-electron chi connectivity index (χ2n) is 11.4. The summed E-state index contributed by atoms with van der Waals surface area (Å²) >= 11 is 6.03. The van der Waals surface area contributed by atoms with Crippen LogP contribution in [0, 0.1) is 5.82 Å². The number of alkyl halides is 3. The number of sulfone groups is 1. The summed E-state index contributed by atoms with van der Waals surface area (Å²) in [6.45, 7) is 6.10. The largest absolute Gasteiger partial charge is 0.573 e. The molecule has 0 saturated carbocycles. The highest BCUT2D eigenvalue weighted by atomic mass is 35.5. The Labute approximate surface area is 260 Å². The first-order valence-corrected chi connectivity index (χ1v) is 15.8. The fraction of sp³-hybridized carbons (Fsp3) is 0.464. The van der Waals surface area contributed by atoms with Crippen molar-refractivity contribution in [3.8, 4) is 5.75 Å². The number of halogens is 5. The number of fused-ring (bicyclic) bond motifs is 1. The topological polar surface area (TPSA) is 131 Å². The van der Waals surface area contributed by atoms with E-state index in [0.717, 1.165) is 0 Å². The number of ether oxygens (including phenoxy) is 2. The molecular weight excluding hydrogens is 648 g/mol. The normalized spacial score (nSPS) is 15.0. The van der Waals surface area contributed by atoms with Crippen LogP contribution in [0.4, 0.5) is 22.4 Å². The van der Waals surface area contributed by atoms with Gasteiger partial charge < -0.3 is 19.4 Å². The average Bonchev–Trinajstić information content (AvgIpc) is 2.92. The van der Waals surface area contributed by atoms with Gasteiger partial charge in [0, 0.05) is 43.3 Å². The lowest BCUT2D eigenvalue weighted by Gasteiger charge is -2.35. The summed E-state index contributed by atoms with van der Waals surface area (Å²) in [6.07, 6.45) is -5.82. The molecule has 45 heavy (non-hydrogen) atoms. The zero-order valence-electron chi connectivity index (χ0n) is 24.8. The number of hydrogen-bond donors (Lipinski definition) is 1. The second-order valence-corrected chi connectivity index (χ2v) is 14.0. The maximum absolute atomic E-state index is 15.9. The number of aromatic nitrogens is 2. The molecule has 1 saturated heterocycles. The molecule has 0 unspecified atom stereocenters. The van der Waals surface area contributed by atoms with Gasteiger partial charge in [0.05, 0.1) is 28.1 Å². The third-order valence-corrected chi connectivity index (χ3v) is 9.04. The molecule has 0 atom stereocenters. The molecule has 17 heteroatoms. The minimum atomic E-state index is -5.25. The number of carbonyl (C=O) groups excluding carboxylic acids is 1. The van der Waals surface area contributed by atoms with Crippen molar-refractivity contribution in [1.29, 1.82) is 0 Å². The highest BCUT2D eigenvalue weighted by Gasteiger charge is 2.35. The zero-order valence-corrected chi connectivity index (χ0v) is 26.3. The van der Waals surface area contributed by atoms with Gasteiger partial charge in [-0.25, -0.2) is 22.4 Å². The Morgan fingerprint density at radius 1 is 1.04 bits per heavy atom. The van der Waals surface area contributed by atoms with Gasteiger partial charge in [0.25, 0.3) is 5.56 Å². The molecule has 11 nitrogen and oxygen atoms in total. The molecule has 1 fully saturated rings. The number of benzene rings is 2. The predicted octanol–water partition coefficient (Wildman–Crippen LogP) is 4.28. The maximum Gasteiger partial charge on any atom is 0.573 e. The number of amides is 1. The smallest absolute Gasteiger partial charge is 0.444 e. The van der Waals surface area contributed by atoms with Crippen LogP contribution in [0.1, 0.15) is 38.8 Å². The van der Waals surface area contributed by atoms with Crippen molar-refractivity contribution in [2.75, 3.05) is 31.9 Å². The highest BCUT2D eigenvalue weighted by molar-refractivity contribution is 7.91. The van der Waals surface area contributed by atoms with Crippen molar-refractivity contribution in [1.82, 2.24) is 19.4 Å². The van der Waals surface area contributed by atoms with Crippen LogP contribution in [0.25, 0.3) is 10.9 Å². The Morgan fingerprint density at radius 3 is 2.27 bits per heavy atom. The van der Waals surface area contributed by atoms with Crippen molar-refractivity contribution >= 4 is 38.4 Å². The lowest BCUT2D eigenvalue weighted by Crippen LogP contribution is -2.49. The van der Waals surface area contributed by atoms with Crippen LogP contribution in [0.5, 0.6) is 5.75 Å². The second kappa shape index (κ2) is 12.6. The van der Waals surface area contributed by atoms with E-state index in [1.807, 2.05) is 0 Å². The number of aromatic amines is 1. The molecule has 0 bridgehead atoms. The van der Waals surface area contributed by atoms with E-state index in [-0.39, 0.29) is 47.4 Å². The molecular formula is C28H31ClF4N4O7S. The Kier molecular flexibility index (Phi) is 9.62. The van der Waals surface area contributed by atoms with Crippen molar-refractivity contribution in [2.45, 2.75) is 57.6 Å². The molecule has 0 aliphatic carbocycles. The monoisotopic (exact) mass is 678 g/mol. The predicted molar refractivity (Wildman–Crippen MR) is 157 cm³/mol. The summed E-state index contributed by atoms with van der Waals surface area (Å²) in [6, 6.07) is 4.46. The number of hydrogen-bond acceptors (Lipinski definition) is 8. The molecule has 1 aromatic heterocycles. The van der Waals surface area contributed by atoms with Crippen molar-refractivity contribution < 1.29 is 40.2 Å². The van der Waals surface area contributed by atoms with Gasteiger partial charge in [0.2, 0.25) is 0 Å². The van der Waals surface area contributed by atoms with E-state index in [1.165, 1.54) is 30.0 Å². The molecule has 1 amide bonds. The number of carbonyl (C=O) groups is 1. The van der Waals surface area contributed by atoms with Gasteiger partial charge in [-0.2, -0.15) is 0 Å². The number of rotatable bonds is 7. The van der Waals surface area contributed by atoms with Gasteiger partial charge in [-0.1, -0.05) is 18.5 Å². The molecule has 246 valence electrons. The molecule has 0 radical (unpaired) electrons. The SMILES string of the molecule is CCS(=O)(=O)c1ccc(Cl)cc1Cn1c(=O)[nH]c2c(F)c(CN3CCN(C(=O)OC(C)(C)C)CC3)c(OC(F)(F)F)cc2c1=O. The van der Waals surface area contributed by atoms with Gasteiger partial charge in [-0.15, -0.1) is 13.2 Å². The average molecular weight is 679 g/mol. The van der Waals surface area contributed by atoms with Crippen LogP contribution in [0.3, 0.4) is 0 Å². The first-order valence-electron chi connectivity index (χ1n) is 13.7. The van der Waals surface area contributed by atoms with Crippen molar-refractivity contribution in [3.63, 3.8) is 0 Å². The molecule has 4 rings (SSSR count). The minimum absolute atomic E-state index is 0.0225. The van der Waals surface area contributed by atoms with E-state index in [9.17, 15) is 36.0 Å². The maximum atomic E-state index is 15.9. The molecule has 1 N–H and O–H groups in total. The van der Waals surface area contributed by atoms with Gasteiger partial charge in [0.15, 0.2) is 15.7 Å². The quantitative estimate of drug-likeness (QED) is 0.367. The van der Waals surface area contributed by atoms with Crippen LogP contribution in [-0.2, 0) is 27.7 Å². The van der Waals surface area contributed by atoms with Crippen molar-refractivity contribution in [2.24, 2.45) is 0 Å². The summed E-state index contributed by atoms with van der Waals surface area (Å²) in [5, 5.41) is -0.527. The van der Waals surface area contributed by atoms with E-state index in [4.69, 9.17) is 16.3 Å². The van der Waals surface area contributed by atoms with E-state index in [0.29, 0.717) is 10.6 Å². The molecule has 0 spiro atoms. The third kappa shape index (κ3) is 7.97. The van der Waals surface area contributed by atoms with E-state index in [1.54, 1.807) is 25.7 Å². The van der Waals surface area contributed by atoms with Crippen LogP contribution < -0.4 is 16.0 Å². The molecule has 2 heterocycles. The third-order valence-electron chi connectivity index (χ3n) is 6.98. The van der Waals surface area contributed by atoms with Gasteiger partial charge in [-0.3, -0.25) is 14.3 Å². The van der Waals surface area contributed by atoms with E-state index < -0.39 is 80.3 Å². The molecule has 3 aromatic rings. The fourth-order valence-electron chi connectivity index (χ4n) is 4.82. The van der Waals surface area contributed by atoms with Gasteiger partial charge in [-0.05, 0) is 50.6 Å². The van der Waals surface area contributed by atoms with E-state index in [2.05, 4.69) is 9.72 Å². The Hall–Kier alpha value is -3.63. The number of nitrogens with one attached hydrogen (secondary N) is 1. The molecule has 1 aliphatic heterocycles. The summed E-state index contributed by atoms with van der Waals surface area (Å²) in [4.78, 5) is 43.9. The molecule has 2 aromatic carbocycles. The Balaban J connectivity index is 1.74. The Bertz CT molecular complexity index is 1850. The summed E-state index contributed by atoms with van der Waals surface area (Å²) in [5.41, 5.74) is -4.28. The summed E-state index contributed by atoms with van der Waals surface area (Å²) in [5.74, 6) is -2.60. The number of H-pyrrole nitrogens is 1. The van der Waals surface area contributed by atoms with Gasteiger partial charge in [0.1, 0.15) is 11.4 Å². The lowest BCUT2D eigenvalue weighted by atomic mass is 10.1. The summed E-state index contributed by atoms with van der Waals surface area (Å²) < 4.78 is 91.5. The number of nitrogens with zero attached hydrogens (tertiary/aromatic N) is 3.